The highest BCUT2D eigenvalue weighted by atomic mass is 14.8. The molecule has 0 bridgehead atoms. The van der Waals surface area contributed by atoms with E-state index in [0.717, 1.165) is 66.9 Å². The Balaban J connectivity index is 1.97. The minimum atomic E-state index is 0.864. The monoisotopic (exact) mass is 467 g/mol. The standard InChI is InChI=1S/C32H41N3/c1-8-23-16-25(10-3)31(26(11-4)17-23)33-20-29-14-22(7)15-30(35-29)21-34-32-27(12-5)18-24(9-2)19-28(32)13-6/h14-21H,8-13H2,1-7H3. The van der Waals surface area contributed by atoms with Crippen LogP contribution in [0.25, 0.3) is 0 Å². The highest BCUT2D eigenvalue weighted by molar-refractivity contribution is 5.85. The van der Waals surface area contributed by atoms with E-state index in [1.54, 1.807) is 0 Å². The van der Waals surface area contributed by atoms with Gasteiger partial charge < -0.3 is 0 Å². The minimum absolute atomic E-state index is 0.864. The lowest BCUT2D eigenvalue weighted by Crippen LogP contribution is -1.98. The second kappa shape index (κ2) is 12.6. The zero-order valence-electron chi connectivity index (χ0n) is 22.7. The molecular weight excluding hydrogens is 426 g/mol. The number of hydrogen-bond donors (Lipinski definition) is 0. The van der Waals surface area contributed by atoms with E-state index in [9.17, 15) is 0 Å². The molecule has 1 heterocycles. The lowest BCUT2D eigenvalue weighted by Gasteiger charge is -2.12. The second-order valence-corrected chi connectivity index (χ2v) is 9.16. The average molecular weight is 468 g/mol. The van der Waals surface area contributed by atoms with Crippen molar-refractivity contribution in [3.8, 4) is 0 Å². The van der Waals surface area contributed by atoms with Gasteiger partial charge in [0, 0.05) is 0 Å². The Bertz CT molecular complexity index is 1080. The Hall–Kier alpha value is -3.07. The molecule has 0 fully saturated rings. The average Bonchev–Trinajstić information content (AvgIpc) is 2.89. The molecular formula is C32H41N3. The Morgan fingerprint density at radius 1 is 0.543 bits per heavy atom. The summed E-state index contributed by atoms with van der Waals surface area (Å²) >= 11 is 0. The lowest BCUT2D eigenvalue weighted by molar-refractivity contribution is 1.04. The summed E-state index contributed by atoms with van der Waals surface area (Å²) in [7, 11) is 0. The van der Waals surface area contributed by atoms with Gasteiger partial charge in [-0.15, -0.1) is 0 Å². The van der Waals surface area contributed by atoms with Gasteiger partial charge in [0.15, 0.2) is 0 Å². The van der Waals surface area contributed by atoms with Gasteiger partial charge in [0.05, 0.1) is 35.2 Å². The maximum atomic E-state index is 4.94. The molecule has 3 heteroatoms. The maximum absolute atomic E-state index is 4.94. The molecule has 0 atom stereocenters. The summed E-state index contributed by atoms with van der Waals surface area (Å²) in [5.41, 5.74) is 13.1. The third-order valence-corrected chi connectivity index (χ3v) is 6.66. The van der Waals surface area contributed by atoms with Crippen LogP contribution in [0.5, 0.6) is 0 Å². The van der Waals surface area contributed by atoms with E-state index in [-0.39, 0.29) is 0 Å². The van der Waals surface area contributed by atoms with Crippen LogP contribution in [0, 0.1) is 6.92 Å². The van der Waals surface area contributed by atoms with Crippen LogP contribution in [-0.2, 0) is 38.5 Å². The van der Waals surface area contributed by atoms with E-state index in [2.05, 4.69) is 84.9 Å². The van der Waals surface area contributed by atoms with Crippen molar-refractivity contribution >= 4 is 23.8 Å². The van der Waals surface area contributed by atoms with Gasteiger partial charge in [-0.05, 0) is 96.5 Å². The van der Waals surface area contributed by atoms with Gasteiger partial charge >= 0.3 is 0 Å². The summed E-state index contributed by atoms with van der Waals surface area (Å²) in [6, 6.07) is 13.4. The number of pyridine rings is 1. The molecule has 3 aromatic rings. The van der Waals surface area contributed by atoms with Crippen LogP contribution < -0.4 is 0 Å². The molecule has 0 unspecified atom stereocenters. The van der Waals surface area contributed by atoms with E-state index in [0.29, 0.717) is 0 Å². The molecule has 0 saturated heterocycles. The molecule has 0 aliphatic carbocycles. The summed E-state index contributed by atoms with van der Waals surface area (Å²) in [5.74, 6) is 0. The van der Waals surface area contributed by atoms with Crippen molar-refractivity contribution in [2.75, 3.05) is 0 Å². The van der Waals surface area contributed by atoms with Gasteiger partial charge in [-0.3, -0.25) is 9.98 Å². The molecule has 3 rings (SSSR count). The van der Waals surface area contributed by atoms with E-state index in [4.69, 9.17) is 15.0 Å². The summed E-state index contributed by atoms with van der Waals surface area (Å²) in [6.45, 7) is 15.3. The number of rotatable bonds is 10. The zero-order chi connectivity index (χ0) is 25.4. The molecule has 0 aliphatic heterocycles. The highest BCUT2D eigenvalue weighted by Gasteiger charge is 2.09. The largest absolute Gasteiger partial charge is 0.254 e. The van der Waals surface area contributed by atoms with Crippen LogP contribution in [0.15, 0.2) is 46.4 Å². The predicted molar refractivity (Wildman–Crippen MR) is 153 cm³/mol. The first kappa shape index (κ1) is 26.5. The number of hydrogen-bond acceptors (Lipinski definition) is 3. The van der Waals surface area contributed by atoms with Crippen molar-refractivity contribution < 1.29 is 0 Å². The molecule has 0 amide bonds. The fraction of sp³-hybridized carbons (Fsp3) is 0.406. The molecule has 184 valence electrons. The zero-order valence-corrected chi connectivity index (χ0v) is 22.7. The Labute approximate surface area is 212 Å². The van der Waals surface area contributed by atoms with Crippen LogP contribution in [-0.4, -0.2) is 17.4 Å². The first-order valence-corrected chi connectivity index (χ1v) is 13.3. The van der Waals surface area contributed by atoms with Crippen LogP contribution in [0.3, 0.4) is 0 Å². The summed E-state index contributed by atoms with van der Waals surface area (Å²) in [5, 5.41) is 0. The molecule has 0 saturated carbocycles. The molecule has 0 spiro atoms. The maximum Gasteiger partial charge on any atom is 0.0823 e. The van der Waals surface area contributed by atoms with Crippen LogP contribution in [0.4, 0.5) is 11.4 Å². The van der Waals surface area contributed by atoms with Crippen molar-refractivity contribution in [1.29, 1.82) is 0 Å². The van der Waals surface area contributed by atoms with E-state index in [1.807, 2.05) is 12.4 Å². The van der Waals surface area contributed by atoms with Crippen molar-refractivity contribution in [1.82, 2.24) is 4.98 Å². The fourth-order valence-electron chi connectivity index (χ4n) is 4.60. The van der Waals surface area contributed by atoms with Gasteiger partial charge in [0.1, 0.15) is 0 Å². The minimum Gasteiger partial charge on any atom is -0.254 e. The van der Waals surface area contributed by atoms with E-state index < -0.39 is 0 Å². The summed E-state index contributed by atoms with van der Waals surface area (Å²) in [4.78, 5) is 14.7. The highest BCUT2D eigenvalue weighted by Crippen LogP contribution is 2.29. The van der Waals surface area contributed by atoms with Gasteiger partial charge in [0.25, 0.3) is 0 Å². The third kappa shape index (κ3) is 6.54. The molecule has 3 nitrogen and oxygen atoms in total. The fourth-order valence-corrected chi connectivity index (χ4v) is 4.60. The van der Waals surface area contributed by atoms with Crippen LogP contribution in [0.2, 0.25) is 0 Å². The van der Waals surface area contributed by atoms with Crippen molar-refractivity contribution in [2.45, 2.75) is 87.0 Å². The smallest absolute Gasteiger partial charge is 0.0823 e. The normalized spacial score (nSPS) is 11.7. The van der Waals surface area contributed by atoms with Crippen molar-refractivity contribution in [3.63, 3.8) is 0 Å². The summed E-state index contributed by atoms with van der Waals surface area (Å²) < 4.78 is 0. The third-order valence-electron chi connectivity index (χ3n) is 6.66. The Morgan fingerprint density at radius 2 is 0.886 bits per heavy atom. The van der Waals surface area contributed by atoms with Crippen LogP contribution >= 0.6 is 0 Å². The predicted octanol–water partition coefficient (Wildman–Crippen LogP) is 8.27. The van der Waals surface area contributed by atoms with Gasteiger partial charge in [0.2, 0.25) is 0 Å². The molecule has 35 heavy (non-hydrogen) atoms. The van der Waals surface area contributed by atoms with E-state index >= 15 is 0 Å². The molecule has 0 radical (unpaired) electrons. The first-order chi connectivity index (χ1) is 17.0. The SMILES string of the molecule is CCc1cc(CC)c(N=Cc2cc(C)cc(C=Nc3c(CC)cc(CC)cc3CC)n2)c(CC)c1. The number of aromatic nitrogens is 1. The van der Waals surface area contributed by atoms with Gasteiger partial charge in [-0.2, -0.15) is 0 Å². The van der Waals surface area contributed by atoms with Gasteiger partial charge in [-0.25, -0.2) is 4.98 Å². The number of benzene rings is 2. The first-order valence-electron chi connectivity index (χ1n) is 13.3. The molecule has 2 aromatic carbocycles. The number of nitrogens with zero attached hydrogens (tertiary/aromatic N) is 3. The lowest BCUT2D eigenvalue weighted by atomic mass is 9.98. The van der Waals surface area contributed by atoms with E-state index in [1.165, 1.54) is 33.4 Å². The second-order valence-electron chi connectivity index (χ2n) is 9.16. The Kier molecular flexibility index (Phi) is 9.54. The Morgan fingerprint density at radius 3 is 1.17 bits per heavy atom. The number of aryl methyl sites for hydroxylation is 7. The van der Waals surface area contributed by atoms with Gasteiger partial charge in [-0.1, -0.05) is 65.8 Å². The van der Waals surface area contributed by atoms with Crippen LogP contribution in [0.1, 0.15) is 91.9 Å². The quantitative estimate of drug-likeness (QED) is 0.276. The number of aliphatic imine (C=N–C) groups is 2. The molecule has 0 N–H and O–H groups in total. The molecule has 1 aromatic heterocycles. The molecule has 0 aliphatic rings. The topological polar surface area (TPSA) is 37.6 Å². The van der Waals surface area contributed by atoms with Crippen molar-refractivity contribution in [2.24, 2.45) is 9.98 Å². The van der Waals surface area contributed by atoms with Crippen molar-refractivity contribution in [3.05, 3.63) is 86.7 Å². The summed E-state index contributed by atoms with van der Waals surface area (Å²) in [6.07, 6.45) is 9.82.